The summed E-state index contributed by atoms with van der Waals surface area (Å²) < 4.78 is 0. The maximum absolute atomic E-state index is 10.7. The van der Waals surface area contributed by atoms with Gasteiger partial charge in [-0.1, -0.05) is 35.5 Å². The Morgan fingerprint density at radius 3 is 2.40 bits per heavy atom. The summed E-state index contributed by atoms with van der Waals surface area (Å²) in [5, 5.41) is 2.28. The van der Waals surface area contributed by atoms with Crippen molar-refractivity contribution in [2.24, 2.45) is 5.16 Å². The molecule has 0 heterocycles. The second kappa shape index (κ2) is 5.26. The molecule has 0 radical (unpaired) electrons. The standard InChI is InChI=1S/C10H8ClNO3/c1-7(8-5-3-2-4-6-8)12-15-10(14)9(11)13/h2-6H,1H3/b12-7+. The highest BCUT2D eigenvalue weighted by molar-refractivity contribution is 6.80. The van der Waals surface area contributed by atoms with E-state index in [9.17, 15) is 9.59 Å². The van der Waals surface area contributed by atoms with Crippen LogP contribution in [0.2, 0.25) is 0 Å². The van der Waals surface area contributed by atoms with Crippen molar-refractivity contribution in [2.45, 2.75) is 6.92 Å². The van der Waals surface area contributed by atoms with Crippen molar-refractivity contribution >= 4 is 28.5 Å². The minimum Gasteiger partial charge on any atom is -0.308 e. The van der Waals surface area contributed by atoms with E-state index in [4.69, 9.17) is 11.6 Å². The van der Waals surface area contributed by atoms with E-state index in [0.717, 1.165) is 5.56 Å². The lowest BCUT2D eigenvalue weighted by atomic mass is 10.1. The minimum atomic E-state index is -1.19. The molecule has 0 N–H and O–H groups in total. The minimum absolute atomic E-state index is 0.488. The van der Waals surface area contributed by atoms with Crippen molar-refractivity contribution in [1.29, 1.82) is 0 Å². The second-order valence-corrected chi connectivity index (χ2v) is 3.04. The lowest BCUT2D eigenvalue weighted by Gasteiger charge is -1.98. The molecule has 0 aliphatic carbocycles. The maximum atomic E-state index is 10.7. The van der Waals surface area contributed by atoms with E-state index in [1.54, 1.807) is 19.1 Å². The van der Waals surface area contributed by atoms with Crippen molar-refractivity contribution in [3.63, 3.8) is 0 Å². The average molecular weight is 226 g/mol. The van der Waals surface area contributed by atoms with Gasteiger partial charge >= 0.3 is 11.2 Å². The SMILES string of the molecule is C/C(=N\OC(=O)C(=O)Cl)c1ccccc1. The molecule has 0 aliphatic heterocycles. The van der Waals surface area contributed by atoms with Gasteiger partial charge in [0.25, 0.3) is 0 Å². The summed E-state index contributed by atoms with van der Waals surface area (Å²) in [6.07, 6.45) is 0. The fourth-order valence-electron chi connectivity index (χ4n) is 0.878. The van der Waals surface area contributed by atoms with Crippen LogP contribution in [0.3, 0.4) is 0 Å². The second-order valence-electron chi connectivity index (χ2n) is 2.70. The number of carbonyl (C=O) groups is 2. The van der Waals surface area contributed by atoms with E-state index in [2.05, 4.69) is 9.99 Å². The van der Waals surface area contributed by atoms with Crippen LogP contribution in [-0.4, -0.2) is 16.9 Å². The fraction of sp³-hybridized carbons (Fsp3) is 0.100. The summed E-state index contributed by atoms with van der Waals surface area (Å²) in [6, 6.07) is 9.10. The van der Waals surface area contributed by atoms with Crippen molar-refractivity contribution in [2.75, 3.05) is 0 Å². The third kappa shape index (κ3) is 3.52. The molecule has 1 aromatic rings. The van der Waals surface area contributed by atoms with E-state index in [-0.39, 0.29) is 0 Å². The summed E-state index contributed by atoms with van der Waals surface area (Å²) in [7, 11) is 0. The topological polar surface area (TPSA) is 55.7 Å². The van der Waals surface area contributed by atoms with Gasteiger partial charge in [0, 0.05) is 0 Å². The number of halogens is 1. The van der Waals surface area contributed by atoms with Crippen LogP contribution < -0.4 is 0 Å². The molecule has 0 fully saturated rings. The summed E-state index contributed by atoms with van der Waals surface area (Å²) in [5.74, 6) is -1.19. The van der Waals surface area contributed by atoms with Gasteiger partial charge in [-0.25, -0.2) is 4.79 Å². The van der Waals surface area contributed by atoms with E-state index in [1.165, 1.54) is 0 Å². The molecule has 0 aliphatic rings. The third-order valence-electron chi connectivity index (χ3n) is 1.62. The molecule has 0 bridgehead atoms. The zero-order valence-electron chi connectivity index (χ0n) is 7.94. The van der Waals surface area contributed by atoms with Gasteiger partial charge < -0.3 is 4.84 Å². The molecule has 4 nitrogen and oxygen atoms in total. The van der Waals surface area contributed by atoms with Gasteiger partial charge in [0.05, 0.1) is 5.71 Å². The first-order valence-corrected chi connectivity index (χ1v) is 4.50. The molecule has 0 atom stereocenters. The van der Waals surface area contributed by atoms with Crippen LogP contribution in [0.5, 0.6) is 0 Å². The van der Waals surface area contributed by atoms with Crippen LogP contribution >= 0.6 is 11.6 Å². The first-order chi connectivity index (χ1) is 7.11. The predicted molar refractivity (Wildman–Crippen MR) is 55.6 cm³/mol. The largest absolute Gasteiger partial charge is 0.417 e. The van der Waals surface area contributed by atoms with Crippen molar-refractivity contribution in [3.8, 4) is 0 Å². The Bertz CT molecular complexity index is 400. The van der Waals surface area contributed by atoms with E-state index < -0.39 is 11.2 Å². The quantitative estimate of drug-likeness (QED) is 0.259. The summed E-state index contributed by atoms with van der Waals surface area (Å²) >= 11 is 4.88. The van der Waals surface area contributed by atoms with Crippen LogP contribution in [0.4, 0.5) is 0 Å². The number of benzene rings is 1. The van der Waals surface area contributed by atoms with Crippen molar-refractivity contribution < 1.29 is 14.4 Å². The Balaban J connectivity index is 2.69. The number of hydrogen-bond donors (Lipinski definition) is 0. The van der Waals surface area contributed by atoms with Crippen molar-refractivity contribution in [3.05, 3.63) is 35.9 Å². The number of hydrogen-bond acceptors (Lipinski definition) is 4. The average Bonchev–Trinajstić information content (AvgIpc) is 2.26. The molecule has 1 rings (SSSR count). The number of nitrogens with zero attached hydrogens (tertiary/aromatic N) is 1. The van der Waals surface area contributed by atoms with E-state index in [0.29, 0.717) is 5.71 Å². The molecule has 0 saturated carbocycles. The monoisotopic (exact) mass is 225 g/mol. The smallest absolute Gasteiger partial charge is 0.308 e. The molecule has 78 valence electrons. The van der Waals surface area contributed by atoms with Crippen LogP contribution in [0.1, 0.15) is 12.5 Å². The van der Waals surface area contributed by atoms with Crippen molar-refractivity contribution in [1.82, 2.24) is 0 Å². The molecule has 0 aromatic heterocycles. The highest BCUT2D eigenvalue weighted by Crippen LogP contribution is 2.01. The lowest BCUT2D eigenvalue weighted by molar-refractivity contribution is -0.150. The summed E-state index contributed by atoms with van der Waals surface area (Å²) in [4.78, 5) is 25.3. The number of carbonyl (C=O) groups excluding carboxylic acids is 2. The molecule has 0 amide bonds. The molecular formula is C10H8ClNO3. The van der Waals surface area contributed by atoms with E-state index in [1.807, 2.05) is 18.2 Å². The molecular weight excluding hydrogens is 218 g/mol. The molecule has 0 spiro atoms. The Labute approximate surface area is 91.5 Å². The van der Waals surface area contributed by atoms with Gasteiger partial charge in [-0.05, 0) is 24.1 Å². The van der Waals surface area contributed by atoms with Crippen LogP contribution in [0, 0.1) is 0 Å². The fourth-order valence-corrected chi connectivity index (χ4v) is 0.912. The number of oxime groups is 1. The predicted octanol–water partition coefficient (Wildman–Crippen LogP) is 1.72. The van der Waals surface area contributed by atoms with Gasteiger partial charge in [-0.3, -0.25) is 4.79 Å². The van der Waals surface area contributed by atoms with Crippen LogP contribution in [-0.2, 0) is 14.4 Å². The Kier molecular flexibility index (Phi) is 4.00. The van der Waals surface area contributed by atoms with Gasteiger partial charge in [-0.15, -0.1) is 0 Å². The normalized spacial score (nSPS) is 10.9. The van der Waals surface area contributed by atoms with Gasteiger partial charge in [0.15, 0.2) is 0 Å². The first-order valence-electron chi connectivity index (χ1n) is 4.12. The molecule has 0 unspecified atom stereocenters. The molecule has 1 aromatic carbocycles. The molecule has 15 heavy (non-hydrogen) atoms. The zero-order chi connectivity index (χ0) is 11.3. The Hall–Kier alpha value is -1.68. The lowest BCUT2D eigenvalue weighted by Crippen LogP contribution is -2.09. The van der Waals surface area contributed by atoms with Gasteiger partial charge in [0.1, 0.15) is 0 Å². The zero-order valence-corrected chi connectivity index (χ0v) is 8.69. The Morgan fingerprint density at radius 1 is 1.27 bits per heavy atom. The van der Waals surface area contributed by atoms with Crippen LogP contribution in [0.25, 0.3) is 0 Å². The Morgan fingerprint density at radius 2 is 1.87 bits per heavy atom. The third-order valence-corrected chi connectivity index (χ3v) is 1.77. The highest BCUT2D eigenvalue weighted by atomic mass is 35.5. The highest BCUT2D eigenvalue weighted by Gasteiger charge is 2.11. The maximum Gasteiger partial charge on any atom is 0.417 e. The van der Waals surface area contributed by atoms with Gasteiger partial charge in [0.2, 0.25) is 0 Å². The molecule has 0 saturated heterocycles. The summed E-state index contributed by atoms with van der Waals surface area (Å²) in [5.41, 5.74) is 1.29. The first kappa shape index (κ1) is 11.4. The molecule has 5 heteroatoms. The summed E-state index contributed by atoms with van der Waals surface area (Å²) in [6.45, 7) is 1.65. The van der Waals surface area contributed by atoms with Crippen LogP contribution in [0.15, 0.2) is 35.5 Å². The number of rotatable bonds is 3. The van der Waals surface area contributed by atoms with E-state index >= 15 is 0 Å². The van der Waals surface area contributed by atoms with Gasteiger partial charge in [-0.2, -0.15) is 0 Å².